The SMILES string of the molecule is NNc1c2c(nc3ccc(I)cc13)CCCCC2. The summed E-state index contributed by atoms with van der Waals surface area (Å²) in [6.07, 6.45) is 5.92. The van der Waals surface area contributed by atoms with E-state index in [0.29, 0.717) is 0 Å². The molecule has 0 fully saturated rings. The predicted octanol–water partition coefficient (Wildman–Crippen LogP) is 3.39. The summed E-state index contributed by atoms with van der Waals surface area (Å²) in [6.45, 7) is 0. The van der Waals surface area contributed by atoms with Gasteiger partial charge in [-0.05, 0) is 72.0 Å². The summed E-state index contributed by atoms with van der Waals surface area (Å²) in [5.74, 6) is 5.76. The number of aromatic nitrogens is 1. The number of hydrogen-bond donors (Lipinski definition) is 2. The van der Waals surface area contributed by atoms with Crippen molar-refractivity contribution in [2.24, 2.45) is 5.84 Å². The van der Waals surface area contributed by atoms with Crippen LogP contribution >= 0.6 is 22.6 Å². The molecule has 3 rings (SSSR count). The average Bonchev–Trinajstić information content (AvgIpc) is 2.61. The van der Waals surface area contributed by atoms with E-state index in [4.69, 9.17) is 10.8 Å². The van der Waals surface area contributed by atoms with Crippen LogP contribution in [0, 0.1) is 3.57 Å². The van der Waals surface area contributed by atoms with Crippen molar-refractivity contribution in [2.45, 2.75) is 32.1 Å². The highest BCUT2D eigenvalue weighted by atomic mass is 127. The number of halogens is 1. The fourth-order valence-corrected chi connectivity index (χ4v) is 3.23. The van der Waals surface area contributed by atoms with Crippen molar-refractivity contribution < 1.29 is 0 Å². The van der Waals surface area contributed by atoms with Crippen LogP contribution in [0.2, 0.25) is 0 Å². The van der Waals surface area contributed by atoms with Crippen molar-refractivity contribution in [3.63, 3.8) is 0 Å². The van der Waals surface area contributed by atoms with E-state index < -0.39 is 0 Å². The Hall–Kier alpha value is -0.880. The molecule has 0 saturated heterocycles. The minimum atomic E-state index is 1.05. The molecule has 1 aliphatic rings. The number of nitrogens with zero attached hydrogens (tertiary/aromatic N) is 1. The fourth-order valence-electron chi connectivity index (χ4n) is 2.74. The Morgan fingerprint density at radius 3 is 2.83 bits per heavy atom. The summed E-state index contributed by atoms with van der Waals surface area (Å²) < 4.78 is 1.21. The number of hydrogen-bond acceptors (Lipinski definition) is 3. The molecule has 4 heteroatoms. The van der Waals surface area contributed by atoms with Gasteiger partial charge in [0, 0.05) is 14.7 Å². The van der Waals surface area contributed by atoms with Gasteiger partial charge in [-0.2, -0.15) is 0 Å². The summed E-state index contributed by atoms with van der Waals surface area (Å²) in [4.78, 5) is 4.83. The monoisotopic (exact) mass is 353 g/mol. The van der Waals surface area contributed by atoms with Crippen LogP contribution in [-0.2, 0) is 12.8 Å². The van der Waals surface area contributed by atoms with Gasteiger partial charge in [-0.25, -0.2) is 0 Å². The van der Waals surface area contributed by atoms with E-state index in [1.54, 1.807) is 0 Å². The smallest absolute Gasteiger partial charge is 0.0727 e. The number of rotatable bonds is 1. The minimum absolute atomic E-state index is 1.05. The zero-order valence-electron chi connectivity index (χ0n) is 10.2. The highest BCUT2D eigenvalue weighted by molar-refractivity contribution is 14.1. The Balaban J connectivity index is 2.31. The van der Waals surface area contributed by atoms with Gasteiger partial charge < -0.3 is 5.43 Å². The van der Waals surface area contributed by atoms with Gasteiger partial charge in [-0.3, -0.25) is 10.8 Å². The number of nitrogen functional groups attached to an aromatic ring is 1. The van der Waals surface area contributed by atoms with Gasteiger partial charge in [0.15, 0.2) is 0 Å². The Kier molecular flexibility index (Phi) is 3.39. The fraction of sp³-hybridized carbons (Fsp3) is 0.357. The zero-order chi connectivity index (χ0) is 12.5. The molecule has 2 aromatic rings. The van der Waals surface area contributed by atoms with Gasteiger partial charge in [0.05, 0.1) is 11.2 Å². The van der Waals surface area contributed by atoms with Crippen molar-refractivity contribution in [3.05, 3.63) is 33.0 Å². The number of benzene rings is 1. The summed E-state index contributed by atoms with van der Waals surface area (Å²) in [5.41, 5.74) is 7.59. The molecule has 1 aromatic heterocycles. The van der Waals surface area contributed by atoms with Crippen molar-refractivity contribution in [3.8, 4) is 0 Å². The third-order valence-electron chi connectivity index (χ3n) is 3.62. The van der Waals surface area contributed by atoms with Crippen LogP contribution in [-0.4, -0.2) is 4.98 Å². The molecule has 0 aliphatic heterocycles. The molecule has 1 aliphatic carbocycles. The lowest BCUT2D eigenvalue weighted by atomic mass is 10.0. The van der Waals surface area contributed by atoms with E-state index in [-0.39, 0.29) is 0 Å². The van der Waals surface area contributed by atoms with Crippen LogP contribution < -0.4 is 11.3 Å². The molecule has 94 valence electrons. The molecule has 0 radical (unpaired) electrons. The Labute approximate surface area is 120 Å². The second kappa shape index (κ2) is 5.01. The molecule has 1 heterocycles. The first-order valence-corrected chi connectivity index (χ1v) is 7.45. The predicted molar refractivity (Wildman–Crippen MR) is 83.5 cm³/mol. The van der Waals surface area contributed by atoms with Gasteiger partial charge in [0.2, 0.25) is 0 Å². The molecular formula is C14H16IN3. The summed E-state index contributed by atoms with van der Waals surface area (Å²) in [7, 11) is 0. The number of anilines is 1. The summed E-state index contributed by atoms with van der Waals surface area (Å²) >= 11 is 2.33. The van der Waals surface area contributed by atoms with Crippen LogP contribution in [0.5, 0.6) is 0 Å². The molecule has 3 N–H and O–H groups in total. The highest BCUT2D eigenvalue weighted by Gasteiger charge is 2.16. The number of hydrazine groups is 1. The van der Waals surface area contributed by atoms with Crippen molar-refractivity contribution in [1.29, 1.82) is 0 Å². The normalized spacial score (nSPS) is 15.2. The van der Waals surface area contributed by atoms with Crippen LogP contribution in [0.4, 0.5) is 5.69 Å². The summed E-state index contributed by atoms with van der Waals surface area (Å²) in [6, 6.07) is 6.34. The lowest BCUT2D eigenvalue weighted by Gasteiger charge is -2.15. The standard InChI is InChI=1S/C14H16IN3/c15-9-6-7-13-11(8-9)14(18-16)10-4-2-1-3-5-12(10)17-13/h6-8H,1-5,16H2,(H,17,18). The molecule has 18 heavy (non-hydrogen) atoms. The van der Waals surface area contributed by atoms with Gasteiger partial charge in [-0.1, -0.05) is 6.42 Å². The number of fused-ring (bicyclic) bond motifs is 2. The van der Waals surface area contributed by atoms with E-state index in [0.717, 1.165) is 29.4 Å². The molecule has 1 aromatic carbocycles. The van der Waals surface area contributed by atoms with Crippen LogP contribution in [0.25, 0.3) is 10.9 Å². The molecular weight excluding hydrogens is 337 g/mol. The summed E-state index contributed by atoms with van der Waals surface area (Å²) in [5, 5.41) is 1.14. The highest BCUT2D eigenvalue weighted by Crippen LogP contribution is 2.32. The first kappa shape index (κ1) is 12.2. The molecule has 0 atom stereocenters. The molecule has 0 unspecified atom stereocenters. The second-order valence-electron chi connectivity index (χ2n) is 4.78. The zero-order valence-corrected chi connectivity index (χ0v) is 12.3. The van der Waals surface area contributed by atoms with Gasteiger partial charge in [-0.15, -0.1) is 0 Å². The third-order valence-corrected chi connectivity index (χ3v) is 4.29. The number of aryl methyl sites for hydroxylation is 1. The third kappa shape index (κ3) is 2.07. The quantitative estimate of drug-likeness (QED) is 0.358. The first-order chi connectivity index (χ1) is 8.79. The minimum Gasteiger partial charge on any atom is -0.323 e. The Bertz CT molecular complexity index is 595. The van der Waals surface area contributed by atoms with Gasteiger partial charge >= 0.3 is 0 Å². The second-order valence-corrected chi connectivity index (χ2v) is 6.02. The average molecular weight is 353 g/mol. The lowest BCUT2D eigenvalue weighted by Crippen LogP contribution is -2.12. The number of nitrogens with two attached hydrogens (primary N) is 1. The largest absolute Gasteiger partial charge is 0.323 e. The van der Waals surface area contributed by atoms with Crippen molar-refractivity contribution >= 4 is 39.2 Å². The Morgan fingerprint density at radius 2 is 2.00 bits per heavy atom. The van der Waals surface area contributed by atoms with E-state index in [2.05, 4.69) is 46.2 Å². The van der Waals surface area contributed by atoms with Gasteiger partial charge in [0.1, 0.15) is 0 Å². The van der Waals surface area contributed by atoms with Crippen LogP contribution in [0.3, 0.4) is 0 Å². The Morgan fingerprint density at radius 1 is 1.17 bits per heavy atom. The van der Waals surface area contributed by atoms with Crippen LogP contribution in [0.15, 0.2) is 18.2 Å². The number of pyridine rings is 1. The first-order valence-electron chi connectivity index (χ1n) is 6.37. The topological polar surface area (TPSA) is 50.9 Å². The van der Waals surface area contributed by atoms with E-state index in [1.807, 2.05) is 0 Å². The van der Waals surface area contributed by atoms with Crippen molar-refractivity contribution in [2.75, 3.05) is 5.43 Å². The molecule has 3 nitrogen and oxygen atoms in total. The molecule has 0 saturated carbocycles. The van der Waals surface area contributed by atoms with E-state index in [9.17, 15) is 0 Å². The maximum absolute atomic E-state index is 5.76. The molecule has 0 spiro atoms. The maximum Gasteiger partial charge on any atom is 0.0727 e. The lowest BCUT2D eigenvalue weighted by molar-refractivity contribution is 0.709. The molecule has 0 amide bonds. The molecule has 0 bridgehead atoms. The van der Waals surface area contributed by atoms with Gasteiger partial charge in [0.25, 0.3) is 0 Å². The van der Waals surface area contributed by atoms with Crippen LogP contribution in [0.1, 0.15) is 30.5 Å². The maximum atomic E-state index is 5.76. The van der Waals surface area contributed by atoms with Crippen molar-refractivity contribution in [1.82, 2.24) is 4.98 Å². The van der Waals surface area contributed by atoms with E-state index in [1.165, 1.54) is 34.1 Å². The van der Waals surface area contributed by atoms with E-state index >= 15 is 0 Å². The number of nitrogens with one attached hydrogen (secondary N) is 1.